The summed E-state index contributed by atoms with van der Waals surface area (Å²) in [5.74, 6) is 0.453. The zero-order valence-electron chi connectivity index (χ0n) is 7.73. The Bertz CT molecular complexity index is 306. The zero-order chi connectivity index (χ0) is 10.8. The third-order valence-electron chi connectivity index (χ3n) is 2.21. The summed E-state index contributed by atoms with van der Waals surface area (Å²) in [5, 5.41) is 0. The summed E-state index contributed by atoms with van der Waals surface area (Å²) in [4.78, 5) is 0. The Labute approximate surface area is 103 Å². The van der Waals surface area contributed by atoms with E-state index in [0.29, 0.717) is 5.88 Å². The molecule has 0 spiro atoms. The molecular formula is C10H10Cl3Si. The van der Waals surface area contributed by atoms with Crippen molar-refractivity contribution in [3.8, 4) is 0 Å². The SMILES string of the molecule is CC(c1ccccc1CCl)C([Si])(Cl)Cl. The summed E-state index contributed by atoms with van der Waals surface area (Å²) in [6.07, 6.45) is 0. The minimum absolute atomic E-state index is 0.0163. The second-order valence-corrected chi connectivity index (χ2v) is 6.25. The zero-order valence-corrected chi connectivity index (χ0v) is 11.0. The molecule has 1 unspecified atom stereocenters. The third kappa shape index (κ3) is 2.90. The molecule has 14 heavy (non-hydrogen) atoms. The van der Waals surface area contributed by atoms with Gasteiger partial charge in [-0.25, -0.2) is 0 Å². The van der Waals surface area contributed by atoms with Gasteiger partial charge in [0.1, 0.15) is 3.96 Å². The van der Waals surface area contributed by atoms with Crippen LogP contribution in [0.15, 0.2) is 24.3 Å². The molecule has 0 aromatic heterocycles. The first kappa shape index (κ1) is 12.4. The summed E-state index contributed by atoms with van der Waals surface area (Å²) >= 11 is 17.8. The summed E-state index contributed by atoms with van der Waals surface area (Å²) in [6, 6.07) is 7.87. The molecule has 0 N–H and O–H groups in total. The predicted octanol–water partition coefficient (Wildman–Crippen LogP) is 3.83. The van der Waals surface area contributed by atoms with Crippen molar-refractivity contribution in [3.63, 3.8) is 0 Å². The lowest BCUT2D eigenvalue weighted by atomic mass is 9.98. The van der Waals surface area contributed by atoms with Crippen molar-refractivity contribution in [3.05, 3.63) is 35.4 Å². The van der Waals surface area contributed by atoms with Crippen molar-refractivity contribution in [2.75, 3.05) is 0 Å². The molecule has 1 aromatic carbocycles. The fraction of sp³-hybridized carbons (Fsp3) is 0.400. The van der Waals surface area contributed by atoms with Crippen molar-refractivity contribution < 1.29 is 0 Å². The van der Waals surface area contributed by atoms with Gasteiger partial charge in [0, 0.05) is 11.8 Å². The molecule has 0 aliphatic heterocycles. The van der Waals surface area contributed by atoms with Crippen molar-refractivity contribution >= 4 is 45.0 Å². The van der Waals surface area contributed by atoms with E-state index >= 15 is 0 Å². The number of halogens is 3. The van der Waals surface area contributed by atoms with Gasteiger partial charge >= 0.3 is 0 Å². The maximum absolute atomic E-state index is 5.98. The maximum Gasteiger partial charge on any atom is 0.106 e. The molecule has 1 aromatic rings. The van der Waals surface area contributed by atoms with Crippen LogP contribution in [0.2, 0.25) is 0 Å². The minimum Gasteiger partial charge on any atom is -0.122 e. The van der Waals surface area contributed by atoms with Crippen LogP contribution in [0.4, 0.5) is 0 Å². The van der Waals surface area contributed by atoms with Crippen LogP contribution in [0.5, 0.6) is 0 Å². The number of rotatable bonds is 3. The van der Waals surface area contributed by atoms with Crippen LogP contribution in [0.1, 0.15) is 24.0 Å². The van der Waals surface area contributed by atoms with E-state index in [9.17, 15) is 0 Å². The monoisotopic (exact) mass is 263 g/mol. The Morgan fingerprint density at radius 3 is 2.43 bits per heavy atom. The van der Waals surface area contributed by atoms with Gasteiger partial charge < -0.3 is 0 Å². The molecule has 0 saturated carbocycles. The fourth-order valence-corrected chi connectivity index (χ4v) is 1.91. The first-order chi connectivity index (χ1) is 6.46. The summed E-state index contributed by atoms with van der Waals surface area (Å²) in [5.41, 5.74) is 2.13. The first-order valence-electron chi connectivity index (χ1n) is 4.23. The van der Waals surface area contributed by atoms with E-state index in [1.807, 2.05) is 31.2 Å². The Kier molecular flexibility index (Phi) is 4.32. The number of benzene rings is 1. The minimum atomic E-state index is -0.956. The number of hydrogen-bond acceptors (Lipinski definition) is 0. The lowest BCUT2D eigenvalue weighted by Crippen LogP contribution is -2.22. The topological polar surface area (TPSA) is 0 Å². The largest absolute Gasteiger partial charge is 0.122 e. The quantitative estimate of drug-likeness (QED) is 0.575. The van der Waals surface area contributed by atoms with Gasteiger partial charge in [0.25, 0.3) is 0 Å². The van der Waals surface area contributed by atoms with Gasteiger partial charge in [-0.2, -0.15) is 0 Å². The van der Waals surface area contributed by atoms with Crippen LogP contribution in [-0.2, 0) is 5.88 Å². The molecule has 0 saturated heterocycles. The smallest absolute Gasteiger partial charge is 0.106 e. The van der Waals surface area contributed by atoms with Crippen LogP contribution < -0.4 is 0 Å². The van der Waals surface area contributed by atoms with Gasteiger partial charge in [-0.1, -0.05) is 31.2 Å². The van der Waals surface area contributed by atoms with Gasteiger partial charge in [-0.05, 0) is 11.1 Å². The standard InChI is InChI=1S/C10H10Cl3Si/c1-7(10(12,13)14)9-5-3-2-4-8(9)6-11/h2-5,7H,6H2,1H3. The molecule has 4 heteroatoms. The van der Waals surface area contributed by atoms with Crippen LogP contribution in [0.25, 0.3) is 0 Å². The van der Waals surface area contributed by atoms with Crippen LogP contribution in [0.3, 0.4) is 0 Å². The third-order valence-corrected chi connectivity index (χ3v) is 3.59. The van der Waals surface area contributed by atoms with Crippen LogP contribution >= 0.6 is 34.8 Å². The highest BCUT2D eigenvalue weighted by Crippen LogP contribution is 2.36. The Balaban J connectivity index is 3.06. The van der Waals surface area contributed by atoms with Gasteiger partial charge in [-0.3, -0.25) is 0 Å². The fourth-order valence-electron chi connectivity index (χ4n) is 1.27. The average molecular weight is 265 g/mol. The van der Waals surface area contributed by atoms with Crippen molar-refractivity contribution in [2.24, 2.45) is 0 Å². The molecule has 3 radical (unpaired) electrons. The second kappa shape index (κ2) is 4.89. The Morgan fingerprint density at radius 2 is 1.93 bits per heavy atom. The average Bonchev–Trinajstić information content (AvgIpc) is 2.15. The van der Waals surface area contributed by atoms with Crippen molar-refractivity contribution in [1.29, 1.82) is 0 Å². The molecule has 0 bridgehead atoms. The predicted molar refractivity (Wildman–Crippen MR) is 64.6 cm³/mol. The van der Waals surface area contributed by atoms with E-state index in [4.69, 9.17) is 34.8 Å². The molecular weight excluding hydrogens is 255 g/mol. The van der Waals surface area contributed by atoms with E-state index in [-0.39, 0.29) is 5.92 Å². The number of hydrogen-bond donors (Lipinski definition) is 0. The maximum atomic E-state index is 5.98. The van der Waals surface area contributed by atoms with Crippen molar-refractivity contribution in [1.82, 2.24) is 0 Å². The lowest BCUT2D eigenvalue weighted by Gasteiger charge is -2.24. The van der Waals surface area contributed by atoms with Gasteiger partial charge in [0.05, 0.1) is 10.2 Å². The van der Waals surface area contributed by atoms with E-state index in [2.05, 4.69) is 10.2 Å². The highest BCUT2D eigenvalue weighted by atomic mass is 35.5. The normalized spacial score (nSPS) is 14.1. The molecule has 0 aliphatic carbocycles. The first-order valence-corrected chi connectivity index (χ1v) is 6.02. The summed E-state index contributed by atoms with van der Waals surface area (Å²) < 4.78 is -0.956. The summed E-state index contributed by atoms with van der Waals surface area (Å²) in [6.45, 7) is 1.96. The molecule has 1 rings (SSSR count). The molecule has 0 amide bonds. The van der Waals surface area contributed by atoms with Crippen LogP contribution in [-0.4, -0.2) is 14.2 Å². The Hall–Kier alpha value is 0.307. The van der Waals surface area contributed by atoms with Crippen molar-refractivity contribution in [2.45, 2.75) is 22.7 Å². The summed E-state index contributed by atoms with van der Waals surface area (Å²) in [7, 11) is 3.28. The second-order valence-electron chi connectivity index (χ2n) is 3.18. The van der Waals surface area contributed by atoms with E-state index in [0.717, 1.165) is 11.1 Å². The highest BCUT2D eigenvalue weighted by molar-refractivity contribution is 6.65. The molecule has 75 valence electrons. The molecule has 0 fully saturated rings. The molecule has 0 aliphatic rings. The molecule has 0 nitrogen and oxygen atoms in total. The van der Waals surface area contributed by atoms with E-state index < -0.39 is 3.96 Å². The molecule has 1 atom stereocenters. The Morgan fingerprint density at radius 1 is 1.36 bits per heavy atom. The van der Waals surface area contributed by atoms with E-state index in [1.165, 1.54) is 0 Å². The van der Waals surface area contributed by atoms with Gasteiger partial charge in [0.15, 0.2) is 0 Å². The lowest BCUT2D eigenvalue weighted by molar-refractivity contribution is 0.779. The molecule has 0 heterocycles. The van der Waals surface area contributed by atoms with Gasteiger partial charge in [0.2, 0.25) is 0 Å². The van der Waals surface area contributed by atoms with Gasteiger partial charge in [-0.15, -0.1) is 34.8 Å². The highest BCUT2D eigenvalue weighted by Gasteiger charge is 2.28. The van der Waals surface area contributed by atoms with Crippen LogP contribution in [0, 0.1) is 0 Å². The van der Waals surface area contributed by atoms with E-state index in [1.54, 1.807) is 0 Å². The number of alkyl halides is 3.